The molecule has 1 aliphatic carbocycles. The number of carbonyl (C=O) groups is 1. The van der Waals surface area contributed by atoms with E-state index in [-0.39, 0.29) is 0 Å². The predicted octanol–water partition coefficient (Wildman–Crippen LogP) is 2.56. The number of nitrogens with one attached hydrogen (secondary N) is 1. The first kappa shape index (κ1) is 13.9. The van der Waals surface area contributed by atoms with E-state index in [0.717, 1.165) is 32.5 Å². The molecule has 0 aromatic carbocycles. The second-order valence-electron chi connectivity index (χ2n) is 5.96. The minimum absolute atomic E-state index is 0.412. The van der Waals surface area contributed by atoms with Crippen molar-refractivity contribution < 1.29 is 4.79 Å². The third-order valence-corrected chi connectivity index (χ3v) is 4.42. The van der Waals surface area contributed by atoms with E-state index in [4.69, 9.17) is 0 Å². The van der Waals surface area contributed by atoms with Crippen LogP contribution in [0.25, 0.3) is 0 Å². The van der Waals surface area contributed by atoms with Gasteiger partial charge in [0.15, 0.2) is 0 Å². The summed E-state index contributed by atoms with van der Waals surface area (Å²) >= 11 is 0. The van der Waals surface area contributed by atoms with Crippen LogP contribution < -0.4 is 5.32 Å². The fraction of sp³-hybridized carbons (Fsp3) is 0.933. The van der Waals surface area contributed by atoms with Crippen LogP contribution in [0.4, 0.5) is 0 Å². The van der Waals surface area contributed by atoms with Crippen LogP contribution in [0.1, 0.15) is 58.3 Å². The smallest absolute Gasteiger partial charge is 0.223 e. The summed E-state index contributed by atoms with van der Waals surface area (Å²) in [5.41, 5.74) is 0. The fourth-order valence-corrected chi connectivity index (χ4v) is 3.18. The van der Waals surface area contributed by atoms with Crippen molar-refractivity contribution in [1.29, 1.82) is 0 Å². The molecule has 104 valence electrons. The van der Waals surface area contributed by atoms with E-state index >= 15 is 0 Å². The van der Waals surface area contributed by atoms with Gasteiger partial charge in [0.25, 0.3) is 0 Å². The summed E-state index contributed by atoms with van der Waals surface area (Å²) in [5.74, 6) is 1.07. The Kier molecular flexibility index (Phi) is 5.48. The van der Waals surface area contributed by atoms with Crippen molar-refractivity contribution >= 4 is 5.91 Å². The molecule has 0 spiro atoms. The second kappa shape index (κ2) is 7.13. The van der Waals surface area contributed by atoms with E-state index in [2.05, 4.69) is 17.1 Å². The third-order valence-electron chi connectivity index (χ3n) is 4.42. The number of rotatable bonds is 5. The number of hydrogen-bond donors (Lipinski definition) is 1. The SMILES string of the molecule is CCCN(C(=O)CC1CCCCCC1)C1CNC1. The zero-order valence-corrected chi connectivity index (χ0v) is 11.8. The molecule has 2 fully saturated rings. The van der Waals surface area contributed by atoms with Crippen molar-refractivity contribution in [3.05, 3.63) is 0 Å². The Morgan fingerprint density at radius 3 is 2.33 bits per heavy atom. The molecule has 2 rings (SSSR count). The predicted molar refractivity (Wildman–Crippen MR) is 74.5 cm³/mol. The molecule has 1 heterocycles. The summed E-state index contributed by atoms with van der Waals surface area (Å²) in [6, 6.07) is 0.475. The quantitative estimate of drug-likeness (QED) is 0.763. The summed E-state index contributed by atoms with van der Waals surface area (Å²) < 4.78 is 0. The van der Waals surface area contributed by atoms with E-state index in [1.165, 1.54) is 38.5 Å². The van der Waals surface area contributed by atoms with Gasteiger partial charge in [0.1, 0.15) is 0 Å². The molecular weight excluding hydrogens is 224 g/mol. The van der Waals surface area contributed by atoms with Gasteiger partial charge in [-0.2, -0.15) is 0 Å². The van der Waals surface area contributed by atoms with Gasteiger partial charge in [0.05, 0.1) is 6.04 Å². The van der Waals surface area contributed by atoms with Crippen molar-refractivity contribution in [2.24, 2.45) is 5.92 Å². The summed E-state index contributed by atoms with van der Waals surface area (Å²) in [4.78, 5) is 14.6. The van der Waals surface area contributed by atoms with Crippen molar-refractivity contribution in [3.63, 3.8) is 0 Å². The molecule has 0 aromatic heterocycles. The van der Waals surface area contributed by atoms with Crippen LogP contribution in [0.5, 0.6) is 0 Å². The first-order valence-corrected chi connectivity index (χ1v) is 7.81. The van der Waals surface area contributed by atoms with E-state index < -0.39 is 0 Å². The highest BCUT2D eigenvalue weighted by molar-refractivity contribution is 5.77. The van der Waals surface area contributed by atoms with Crippen LogP contribution in [-0.2, 0) is 4.79 Å². The highest BCUT2D eigenvalue weighted by Gasteiger charge is 2.29. The highest BCUT2D eigenvalue weighted by atomic mass is 16.2. The van der Waals surface area contributed by atoms with Crippen LogP contribution in [0.15, 0.2) is 0 Å². The summed E-state index contributed by atoms with van der Waals surface area (Å²) in [6.07, 6.45) is 9.83. The zero-order chi connectivity index (χ0) is 12.8. The molecule has 0 aromatic rings. The Morgan fingerprint density at radius 2 is 1.83 bits per heavy atom. The van der Waals surface area contributed by atoms with E-state index in [0.29, 0.717) is 17.9 Å². The van der Waals surface area contributed by atoms with Crippen LogP contribution in [-0.4, -0.2) is 36.5 Å². The molecule has 1 aliphatic heterocycles. The van der Waals surface area contributed by atoms with Gasteiger partial charge in [-0.3, -0.25) is 4.79 Å². The normalized spacial score (nSPS) is 22.3. The second-order valence-corrected chi connectivity index (χ2v) is 5.96. The number of carbonyl (C=O) groups excluding carboxylic acids is 1. The molecule has 3 nitrogen and oxygen atoms in total. The molecule has 1 saturated carbocycles. The summed E-state index contributed by atoms with van der Waals surface area (Å²) in [7, 11) is 0. The number of hydrogen-bond acceptors (Lipinski definition) is 2. The Hall–Kier alpha value is -0.570. The lowest BCUT2D eigenvalue weighted by molar-refractivity contribution is -0.135. The van der Waals surface area contributed by atoms with Gasteiger partial charge in [0, 0.05) is 26.1 Å². The van der Waals surface area contributed by atoms with Gasteiger partial charge in [-0.05, 0) is 25.2 Å². The molecule has 3 heteroatoms. The largest absolute Gasteiger partial charge is 0.337 e. The molecular formula is C15H28N2O. The third kappa shape index (κ3) is 3.71. The first-order valence-electron chi connectivity index (χ1n) is 7.81. The van der Waals surface area contributed by atoms with Crippen LogP contribution in [0, 0.1) is 5.92 Å². The molecule has 0 atom stereocenters. The maximum atomic E-state index is 12.4. The van der Waals surface area contributed by atoms with Gasteiger partial charge in [-0.1, -0.05) is 32.6 Å². The lowest BCUT2D eigenvalue weighted by Crippen LogP contribution is -2.59. The number of amides is 1. The van der Waals surface area contributed by atoms with Crippen LogP contribution in [0.2, 0.25) is 0 Å². The Labute approximate surface area is 111 Å². The van der Waals surface area contributed by atoms with E-state index in [1.807, 2.05) is 0 Å². The standard InChI is InChI=1S/C15H28N2O/c1-2-9-17(14-11-16-12-14)15(18)10-13-7-5-3-4-6-8-13/h13-14,16H,2-12H2,1H3. The molecule has 1 saturated heterocycles. The fourth-order valence-electron chi connectivity index (χ4n) is 3.18. The zero-order valence-electron chi connectivity index (χ0n) is 11.8. The Balaban J connectivity index is 1.83. The van der Waals surface area contributed by atoms with E-state index in [1.54, 1.807) is 0 Å². The molecule has 1 N–H and O–H groups in total. The summed E-state index contributed by atoms with van der Waals surface area (Å²) in [5, 5.41) is 3.27. The maximum absolute atomic E-state index is 12.4. The van der Waals surface area contributed by atoms with Crippen molar-refractivity contribution in [2.75, 3.05) is 19.6 Å². The lowest BCUT2D eigenvalue weighted by atomic mass is 9.95. The highest BCUT2D eigenvalue weighted by Crippen LogP contribution is 2.26. The van der Waals surface area contributed by atoms with Gasteiger partial charge >= 0.3 is 0 Å². The lowest BCUT2D eigenvalue weighted by Gasteiger charge is -2.38. The van der Waals surface area contributed by atoms with Gasteiger partial charge in [0.2, 0.25) is 5.91 Å². The molecule has 18 heavy (non-hydrogen) atoms. The van der Waals surface area contributed by atoms with E-state index in [9.17, 15) is 4.79 Å². The molecule has 0 bridgehead atoms. The topological polar surface area (TPSA) is 32.3 Å². The van der Waals surface area contributed by atoms with Crippen LogP contribution >= 0.6 is 0 Å². The maximum Gasteiger partial charge on any atom is 0.223 e. The minimum Gasteiger partial charge on any atom is -0.337 e. The Morgan fingerprint density at radius 1 is 1.17 bits per heavy atom. The molecule has 0 radical (unpaired) electrons. The monoisotopic (exact) mass is 252 g/mol. The van der Waals surface area contributed by atoms with Crippen molar-refractivity contribution in [2.45, 2.75) is 64.3 Å². The Bertz CT molecular complexity index is 255. The van der Waals surface area contributed by atoms with Gasteiger partial charge < -0.3 is 10.2 Å². The first-order chi connectivity index (χ1) is 8.81. The number of nitrogens with zero attached hydrogens (tertiary/aromatic N) is 1. The van der Waals surface area contributed by atoms with Crippen LogP contribution in [0.3, 0.4) is 0 Å². The molecule has 2 aliphatic rings. The molecule has 1 amide bonds. The molecule has 0 unspecified atom stereocenters. The minimum atomic E-state index is 0.412. The summed E-state index contributed by atoms with van der Waals surface area (Å²) in [6.45, 7) is 5.10. The van der Waals surface area contributed by atoms with Crippen molar-refractivity contribution in [1.82, 2.24) is 10.2 Å². The van der Waals surface area contributed by atoms with Crippen molar-refractivity contribution in [3.8, 4) is 0 Å². The average Bonchev–Trinajstić information content (AvgIpc) is 2.54. The van der Waals surface area contributed by atoms with Gasteiger partial charge in [-0.25, -0.2) is 0 Å². The average molecular weight is 252 g/mol. The van der Waals surface area contributed by atoms with Gasteiger partial charge in [-0.15, -0.1) is 0 Å².